The molecule has 128 valence electrons. The predicted molar refractivity (Wildman–Crippen MR) is 94.6 cm³/mol. The molecule has 0 atom stereocenters. The van der Waals surface area contributed by atoms with E-state index >= 15 is 0 Å². The number of pyridine rings is 1. The van der Waals surface area contributed by atoms with Crippen LogP contribution in [-0.4, -0.2) is 54.5 Å². The number of carbonyl (C=O) groups excluding carboxylic acids is 1. The van der Waals surface area contributed by atoms with Crippen molar-refractivity contribution in [3.05, 3.63) is 29.6 Å². The second-order valence-corrected chi connectivity index (χ2v) is 6.68. The fourth-order valence-corrected chi connectivity index (χ4v) is 2.22. The Bertz CT molecular complexity index is 548. The third-order valence-electron chi connectivity index (χ3n) is 3.28. The molecule has 1 rings (SSSR count). The van der Waals surface area contributed by atoms with Gasteiger partial charge in [0.15, 0.2) is 5.96 Å². The maximum absolute atomic E-state index is 12.0. The van der Waals surface area contributed by atoms with Crippen LogP contribution in [0.1, 0.15) is 31.9 Å². The molecule has 1 aromatic rings. The van der Waals surface area contributed by atoms with Crippen molar-refractivity contribution in [1.82, 2.24) is 20.5 Å². The number of amides is 1. The average molecular weight is 319 g/mol. The van der Waals surface area contributed by atoms with Gasteiger partial charge in [-0.15, -0.1) is 0 Å². The van der Waals surface area contributed by atoms with Gasteiger partial charge in [-0.2, -0.15) is 0 Å². The van der Waals surface area contributed by atoms with Gasteiger partial charge in [0, 0.05) is 38.6 Å². The van der Waals surface area contributed by atoms with Crippen LogP contribution in [0.2, 0.25) is 0 Å². The van der Waals surface area contributed by atoms with Gasteiger partial charge >= 0.3 is 0 Å². The van der Waals surface area contributed by atoms with E-state index in [4.69, 9.17) is 0 Å². The Labute approximate surface area is 139 Å². The van der Waals surface area contributed by atoms with Crippen molar-refractivity contribution < 1.29 is 4.79 Å². The predicted octanol–water partition coefficient (Wildman–Crippen LogP) is 1.35. The average Bonchev–Trinajstić information content (AvgIpc) is 2.43. The molecule has 0 aliphatic heterocycles. The van der Waals surface area contributed by atoms with Crippen molar-refractivity contribution in [1.29, 1.82) is 0 Å². The number of aromatic nitrogens is 1. The molecule has 1 aromatic heterocycles. The summed E-state index contributed by atoms with van der Waals surface area (Å²) in [5.74, 6) is 0.689. The van der Waals surface area contributed by atoms with E-state index in [1.165, 1.54) is 11.1 Å². The van der Waals surface area contributed by atoms with Gasteiger partial charge in [0.05, 0.1) is 6.54 Å². The fourth-order valence-electron chi connectivity index (χ4n) is 2.22. The van der Waals surface area contributed by atoms with Crippen LogP contribution in [0, 0.1) is 6.92 Å². The first-order chi connectivity index (χ1) is 10.7. The van der Waals surface area contributed by atoms with Crippen LogP contribution in [0.25, 0.3) is 0 Å². The highest BCUT2D eigenvalue weighted by Crippen LogP contribution is 2.05. The van der Waals surface area contributed by atoms with Gasteiger partial charge in [0.2, 0.25) is 5.91 Å². The van der Waals surface area contributed by atoms with Crippen LogP contribution in [0.15, 0.2) is 23.5 Å². The molecule has 1 heterocycles. The molecule has 0 aliphatic rings. The van der Waals surface area contributed by atoms with E-state index < -0.39 is 0 Å². The van der Waals surface area contributed by atoms with Crippen molar-refractivity contribution in [3.63, 3.8) is 0 Å². The van der Waals surface area contributed by atoms with E-state index in [9.17, 15) is 4.79 Å². The number of nitrogens with one attached hydrogen (secondary N) is 2. The minimum absolute atomic E-state index is 0.0204. The minimum atomic E-state index is -0.228. The number of hydrogen-bond donors (Lipinski definition) is 2. The second-order valence-electron chi connectivity index (χ2n) is 6.68. The SMILES string of the molecule is CN=C(NCCc1ccncc1C)N(C)CC(=O)NC(C)(C)C. The molecule has 0 radical (unpaired) electrons. The zero-order chi connectivity index (χ0) is 17.5. The zero-order valence-corrected chi connectivity index (χ0v) is 15.1. The summed E-state index contributed by atoms with van der Waals surface area (Å²) in [5, 5.41) is 6.24. The molecule has 0 fully saturated rings. The number of aliphatic imine (C=N–C) groups is 1. The van der Waals surface area contributed by atoms with Gasteiger partial charge in [0.25, 0.3) is 0 Å². The van der Waals surface area contributed by atoms with Gasteiger partial charge in [0.1, 0.15) is 0 Å². The standard InChI is InChI=1S/C17H29N5O/c1-13-11-19-9-7-14(13)8-10-20-16(18-5)22(6)12-15(23)21-17(2,3)4/h7,9,11H,8,10,12H2,1-6H3,(H,18,20)(H,21,23). The molecular weight excluding hydrogens is 290 g/mol. The molecule has 2 N–H and O–H groups in total. The molecule has 0 saturated carbocycles. The second kappa shape index (κ2) is 8.50. The van der Waals surface area contributed by atoms with Gasteiger partial charge < -0.3 is 15.5 Å². The quantitative estimate of drug-likeness (QED) is 0.635. The molecule has 0 spiro atoms. The Morgan fingerprint density at radius 3 is 2.65 bits per heavy atom. The van der Waals surface area contributed by atoms with E-state index in [1.54, 1.807) is 13.2 Å². The summed E-state index contributed by atoms with van der Waals surface area (Å²) in [6.07, 6.45) is 4.56. The first-order valence-electron chi connectivity index (χ1n) is 7.85. The maximum atomic E-state index is 12.0. The number of aryl methyl sites for hydroxylation is 1. The molecule has 0 aromatic carbocycles. The van der Waals surface area contributed by atoms with Crippen LogP contribution in [0.4, 0.5) is 0 Å². The number of guanidine groups is 1. The van der Waals surface area contributed by atoms with Gasteiger partial charge in [-0.3, -0.25) is 14.8 Å². The van der Waals surface area contributed by atoms with E-state index in [0.29, 0.717) is 5.96 Å². The number of rotatable bonds is 5. The number of likely N-dealkylation sites (N-methyl/N-ethyl adjacent to an activating group) is 1. The fraction of sp³-hybridized carbons (Fsp3) is 0.588. The highest BCUT2D eigenvalue weighted by Gasteiger charge is 2.16. The molecule has 0 bridgehead atoms. The molecule has 0 aliphatic carbocycles. The molecule has 6 heteroatoms. The lowest BCUT2D eigenvalue weighted by molar-refractivity contribution is -0.122. The van der Waals surface area contributed by atoms with Crippen LogP contribution in [0.3, 0.4) is 0 Å². The summed E-state index contributed by atoms with van der Waals surface area (Å²) >= 11 is 0. The lowest BCUT2D eigenvalue weighted by Gasteiger charge is -2.25. The Balaban J connectivity index is 2.47. The number of carbonyl (C=O) groups is 1. The molecule has 1 amide bonds. The van der Waals surface area contributed by atoms with Crippen molar-refractivity contribution >= 4 is 11.9 Å². The lowest BCUT2D eigenvalue weighted by atomic mass is 10.1. The molecule has 0 saturated heterocycles. The van der Waals surface area contributed by atoms with Gasteiger partial charge in [-0.1, -0.05) is 0 Å². The van der Waals surface area contributed by atoms with Crippen LogP contribution < -0.4 is 10.6 Å². The third-order valence-corrected chi connectivity index (χ3v) is 3.28. The molecule has 0 unspecified atom stereocenters. The summed E-state index contributed by atoms with van der Waals surface area (Å²) in [7, 11) is 3.58. The normalized spacial score (nSPS) is 12.0. The Morgan fingerprint density at radius 1 is 1.39 bits per heavy atom. The Morgan fingerprint density at radius 2 is 2.09 bits per heavy atom. The topological polar surface area (TPSA) is 69.6 Å². The number of hydrogen-bond acceptors (Lipinski definition) is 3. The summed E-state index contributed by atoms with van der Waals surface area (Å²) < 4.78 is 0. The van der Waals surface area contributed by atoms with Crippen molar-refractivity contribution in [2.45, 2.75) is 39.7 Å². The zero-order valence-electron chi connectivity index (χ0n) is 15.1. The molecule has 6 nitrogen and oxygen atoms in total. The lowest BCUT2D eigenvalue weighted by Crippen LogP contribution is -2.49. The van der Waals surface area contributed by atoms with E-state index in [2.05, 4.69) is 27.5 Å². The molecular formula is C17H29N5O. The van der Waals surface area contributed by atoms with Crippen LogP contribution >= 0.6 is 0 Å². The summed E-state index contributed by atoms with van der Waals surface area (Å²) in [6, 6.07) is 2.03. The minimum Gasteiger partial charge on any atom is -0.356 e. The van der Waals surface area contributed by atoms with Crippen LogP contribution in [0.5, 0.6) is 0 Å². The van der Waals surface area contributed by atoms with Gasteiger partial charge in [-0.25, -0.2) is 0 Å². The first-order valence-corrected chi connectivity index (χ1v) is 7.85. The Hall–Kier alpha value is -2.11. The molecule has 23 heavy (non-hydrogen) atoms. The van der Waals surface area contributed by atoms with Crippen molar-refractivity contribution in [2.24, 2.45) is 4.99 Å². The highest BCUT2D eigenvalue weighted by atomic mass is 16.2. The number of nitrogens with zero attached hydrogens (tertiary/aromatic N) is 3. The van der Waals surface area contributed by atoms with E-state index in [-0.39, 0.29) is 18.0 Å². The monoisotopic (exact) mass is 319 g/mol. The van der Waals surface area contributed by atoms with Crippen molar-refractivity contribution in [3.8, 4) is 0 Å². The van der Waals surface area contributed by atoms with Crippen molar-refractivity contribution in [2.75, 3.05) is 27.2 Å². The van der Waals surface area contributed by atoms with Crippen LogP contribution in [-0.2, 0) is 11.2 Å². The van der Waals surface area contributed by atoms with E-state index in [1.807, 2.05) is 45.0 Å². The third kappa shape index (κ3) is 7.13. The summed E-state index contributed by atoms with van der Waals surface area (Å²) in [6.45, 7) is 8.98. The highest BCUT2D eigenvalue weighted by molar-refractivity contribution is 5.86. The smallest absolute Gasteiger partial charge is 0.240 e. The van der Waals surface area contributed by atoms with E-state index in [0.717, 1.165) is 13.0 Å². The largest absolute Gasteiger partial charge is 0.356 e. The van der Waals surface area contributed by atoms with Gasteiger partial charge in [-0.05, 0) is 51.3 Å². The maximum Gasteiger partial charge on any atom is 0.240 e. The first kappa shape index (κ1) is 18.9. The summed E-state index contributed by atoms with van der Waals surface area (Å²) in [5.41, 5.74) is 2.21. The summed E-state index contributed by atoms with van der Waals surface area (Å²) in [4.78, 5) is 22.1. The Kier molecular flexibility index (Phi) is 7.00.